The summed E-state index contributed by atoms with van der Waals surface area (Å²) in [5.41, 5.74) is 1.74. The van der Waals surface area contributed by atoms with E-state index in [-0.39, 0.29) is 0 Å². The van der Waals surface area contributed by atoms with Crippen molar-refractivity contribution in [2.45, 2.75) is 20.8 Å². The molecule has 2 aromatic heterocycles. The molecule has 0 bridgehead atoms. The van der Waals surface area contributed by atoms with Gasteiger partial charge < -0.3 is 5.32 Å². The summed E-state index contributed by atoms with van der Waals surface area (Å²) in [6.45, 7) is 6.66. The maximum atomic E-state index is 5.99. The van der Waals surface area contributed by atoms with Crippen LogP contribution in [0.15, 0.2) is 12.5 Å². The molecule has 2 aromatic rings. The topological polar surface area (TPSA) is 55.6 Å². The van der Waals surface area contributed by atoms with Crippen molar-refractivity contribution in [3.8, 4) is 5.82 Å². The fourth-order valence-electron chi connectivity index (χ4n) is 1.57. The van der Waals surface area contributed by atoms with E-state index in [0.29, 0.717) is 5.02 Å². The smallest absolute Gasteiger partial charge is 0.161 e. The van der Waals surface area contributed by atoms with Gasteiger partial charge >= 0.3 is 0 Å². The summed E-state index contributed by atoms with van der Waals surface area (Å²) in [5.74, 6) is 1.56. The highest BCUT2D eigenvalue weighted by atomic mass is 35.5. The van der Waals surface area contributed by atoms with Crippen molar-refractivity contribution in [2.75, 3.05) is 11.9 Å². The largest absolute Gasteiger partial charge is 0.370 e. The highest BCUT2D eigenvalue weighted by Crippen LogP contribution is 2.20. The van der Waals surface area contributed by atoms with E-state index < -0.39 is 0 Å². The third-order valence-corrected chi connectivity index (χ3v) is 2.83. The Morgan fingerprint density at radius 3 is 2.71 bits per heavy atom. The van der Waals surface area contributed by atoms with E-state index in [1.54, 1.807) is 10.9 Å². The van der Waals surface area contributed by atoms with Crippen LogP contribution in [0.5, 0.6) is 0 Å². The minimum Gasteiger partial charge on any atom is -0.370 e. The van der Waals surface area contributed by atoms with Gasteiger partial charge in [-0.3, -0.25) is 0 Å². The molecule has 1 N–H and O–H groups in total. The Labute approximate surface area is 105 Å². The zero-order chi connectivity index (χ0) is 12.4. The maximum Gasteiger partial charge on any atom is 0.161 e. The molecule has 2 rings (SSSR count). The third-order valence-electron chi connectivity index (χ3n) is 2.46. The lowest BCUT2D eigenvalue weighted by Gasteiger charge is -2.09. The lowest BCUT2D eigenvalue weighted by Crippen LogP contribution is -2.08. The highest BCUT2D eigenvalue weighted by molar-refractivity contribution is 6.31. The average molecular weight is 252 g/mol. The predicted octanol–water partition coefficient (Wildman–Crippen LogP) is 2.36. The van der Waals surface area contributed by atoms with Crippen LogP contribution in [-0.4, -0.2) is 26.3 Å². The molecule has 0 radical (unpaired) electrons. The molecule has 0 amide bonds. The molecule has 6 heteroatoms. The lowest BCUT2D eigenvalue weighted by atomic mass is 10.3. The van der Waals surface area contributed by atoms with Gasteiger partial charge in [0.05, 0.1) is 16.9 Å². The first-order valence-electron chi connectivity index (χ1n) is 5.41. The van der Waals surface area contributed by atoms with Crippen molar-refractivity contribution in [2.24, 2.45) is 0 Å². The maximum absolute atomic E-state index is 5.99. The van der Waals surface area contributed by atoms with Gasteiger partial charge in [-0.1, -0.05) is 11.6 Å². The van der Waals surface area contributed by atoms with E-state index in [2.05, 4.69) is 20.4 Å². The summed E-state index contributed by atoms with van der Waals surface area (Å²) in [6, 6.07) is 0. The molecule has 0 aliphatic heterocycles. The van der Waals surface area contributed by atoms with Gasteiger partial charge in [-0.05, 0) is 20.8 Å². The van der Waals surface area contributed by atoms with E-state index in [9.17, 15) is 0 Å². The molecule has 0 atom stereocenters. The summed E-state index contributed by atoms with van der Waals surface area (Å²) in [4.78, 5) is 8.42. The second-order valence-electron chi connectivity index (χ2n) is 3.71. The molecular formula is C11H14ClN5. The fourth-order valence-corrected chi connectivity index (χ4v) is 1.70. The quantitative estimate of drug-likeness (QED) is 0.910. The number of aromatic nitrogens is 4. The number of hydrogen-bond donors (Lipinski definition) is 1. The number of nitrogens with zero attached hydrogens (tertiary/aromatic N) is 4. The standard InChI is InChI=1S/C11H14ClN5/c1-4-13-10-7(2)11(15-6-14-10)17-5-9(12)8(3)16-17/h5-6H,4H2,1-3H3,(H,13,14,15). The first-order valence-corrected chi connectivity index (χ1v) is 5.79. The van der Waals surface area contributed by atoms with Gasteiger partial charge in [0.1, 0.15) is 12.1 Å². The van der Waals surface area contributed by atoms with E-state index >= 15 is 0 Å². The van der Waals surface area contributed by atoms with Crippen LogP contribution < -0.4 is 5.32 Å². The summed E-state index contributed by atoms with van der Waals surface area (Å²) < 4.78 is 1.68. The SMILES string of the molecule is CCNc1ncnc(-n2cc(Cl)c(C)n2)c1C. The number of halogens is 1. The minimum atomic E-state index is 0.632. The lowest BCUT2D eigenvalue weighted by molar-refractivity contribution is 0.817. The highest BCUT2D eigenvalue weighted by Gasteiger charge is 2.10. The van der Waals surface area contributed by atoms with E-state index in [1.807, 2.05) is 20.8 Å². The molecule has 2 heterocycles. The molecule has 0 spiro atoms. The first-order chi connectivity index (χ1) is 8.13. The summed E-state index contributed by atoms with van der Waals surface area (Å²) in [6.07, 6.45) is 3.27. The molecule has 0 saturated carbocycles. The van der Waals surface area contributed by atoms with Gasteiger partial charge in [0.25, 0.3) is 0 Å². The molecule has 90 valence electrons. The van der Waals surface area contributed by atoms with Crippen molar-refractivity contribution >= 4 is 17.4 Å². The van der Waals surface area contributed by atoms with E-state index in [0.717, 1.165) is 29.4 Å². The summed E-state index contributed by atoms with van der Waals surface area (Å²) in [7, 11) is 0. The van der Waals surface area contributed by atoms with Gasteiger partial charge in [0, 0.05) is 12.1 Å². The number of nitrogens with one attached hydrogen (secondary N) is 1. The number of hydrogen-bond acceptors (Lipinski definition) is 4. The molecule has 0 aliphatic rings. The van der Waals surface area contributed by atoms with E-state index in [4.69, 9.17) is 11.6 Å². The zero-order valence-electron chi connectivity index (χ0n) is 10.0. The third kappa shape index (κ3) is 2.24. The Morgan fingerprint density at radius 1 is 1.35 bits per heavy atom. The molecule has 5 nitrogen and oxygen atoms in total. The summed E-state index contributed by atoms with van der Waals surface area (Å²) in [5, 5.41) is 8.12. The monoisotopic (exact) mass is 251 g/mol. The molecular weight excluding hydrogens is 238 g/mol. The molecule has 0 aliphatic carbocycles. The molecule has 0 fully saturated rings. The van der Waals surface area contributed by atoms with Crippen molar-refractivity contribution in [3.05, 3.63) is 28.8 Å². The molecule has 0 saturated heterocycles. The second-order valence-corrected chi connectivity index (χ2v) is 4.12. The van der Waals surface area contributed by atoms with Gasteiger partial charge in [0.15, 0.2) is 5.82 Å². The molecule has 0 aromatic carbocycles. The molecule has 0 unspecified atom stereocenters. The van der Waals surface area contributed by atoms with Crippen molar-refractivity contribution in [3.63, 3.8) is 0 Å². The van der Waals surface area contributed by atoms with Crippen molar-refractivity contribution in [1.82, 2.24) is 19.7 Å². The Hall–Kier alpha value is -1.62. The van der Waals surface area contributed by atoms with Crippen LogP contribution in [0, 0.1) is 13.8 Å². The Kier molecular flexibility index (Phi) is 3.28. The first kappa shape index (κ1) is 11.9. The van der Waals surface area contributed by atoms with Crippen LogP contribution in [-0.2, 0) is 0 Å². The van der Waals surface area contributed by atoms with Crippen LogP contribution in [0.3, 0.4) is 0 Å². The Balaban J connectivity index is 2.48. The number of rotatable bonds is 3. The van der Waals surface area contributed by atoms with Crippen LogP contribution >= 0.6 is 11.6 Å². The predicted molar refractivity (Wildman–Crippen MR) is 67.8 cm³/mol. The number of anilines is 1. The zero-order valence-corrected chi connectivity index (χ0v) is 10.8. The van der Waals surface area contributed by atoms with Crippen LogP contribution in [0.4, 0.5) is 5.82 Å². The van der Waals surface area contributed by atoms with Crippen LogP contribution in [0.2, 0.25) is 5.02 Å². The molecule has 17 heavy (non-hydrogen) atoms. The van der Waals surface area contributed by atoms with Crippen LogP contribution in [0.1, 0.15) is 18.2 Å². The number of aryl methyl sites for hydroxylation is 1. The second kappa shape index (κ2) is 4.71. The normalized spacial score (nSPS) is 10.6. The van der Waals surface area contributed by atoms with E-state index in [1.165, 1.54) is 6.33 Å². The van der Waals surface area contributed by atoms with Gasteiger partial charge in [-0.25, -0.2) is 14.6 Å². The van der Waals surface area contributed by atoms with Gasteiger partial charge in [0.2, 0.25) is 0 Å². The van der Waals surface area contributed by atoms with Crippen molar-refractivity contribution in [1.29, 1.82) is 0 Å². The van der Waals surface area contributed by atoms with Crippen molar-refractivity contribution < 1.29 is 0 Å². The van der Waals surface area contributed by atoms with Gasteiger partial charge in [-0.2, -0.15) is 5.10 Å². The van der Waals surface area contributed by atoms with Gasteiger partial charge in [-0.15, -0.1) is 0 Å². The average Bonchev–Trinajstić information content (AvgIpc) is 2.62. The van der Waals surface area contributed by atoms with Crippen LogP contribution in [0.25, 0.3) is 5.82 Å². The minimum absolute atomic E-state index is 0.632. The fraction of sp³-hybridized carbons (Fsp3) is 0.364. The summed E-state index contributed by atoms with van der Waals surface area (Å²) >= 11 is 5.99. The Morgan fingerprint density at radius 2 is 2.12 bits per heavy atom. The Bertz CT molecular complexity index is 515.